The predicted molar refractivity (Wildman–Crippen MR) is 133 cm³/mol. The van der Waals surface area contributed by atoms with Gasteiger partial charge >= 0.3 is 0 Å². The molecule has 0 aliphatic heterocycles. The highest BCUT2D eigenvalue weighted by molar-refractivity contribution is 7.92. The van der Waals surface area contributed by atoms with Crippen molar-refractivity contribution in [3.63, 3.8) is 0 Å². The highest BCUT2D eigenvalue weighted by Gasteiger charge is 2.30. The molecule has 3 rings (SSSR count). The largest absolute Gasteiger partial charge is 0.497 e. The molecule has 0 saturated carbocycles. The molecule has 0 N–H and O–H groups in total. The van der Waals surface area contributed by atoms with Crippen LogP contribution in [0, 0.1) is 0 Å². The second kappa shape index (κ2) is 11.0. The van der Waals surface area contributed by atoms with E-state index in [2.05, 4.69) is 0 Å². The summed E-state index contributed by atoms with van der Waals surface area (Å²) >= 11 is 12.8. The number of ether oxygens (including phenoxy) is 2. The smallest absolute Gasteiger partial charge is 0.264 e. The summed E-state index contributed by atoms with van der Waals surface area (Å²) in [5.41, 5.74) is 0.973. The van der Waals surface area contributed by atoms with Crippen LogP contribution in [0.1, 0.15) is 5.56 Å². The van der Waals surface area contributed by atoms with E-state index in [1.165, 1.54) is 48.4 Å². The van der Waals surface area contributed by atoms with E-state index in [1.807, 2.05) is 30.3 Å². The van der Waals surface area contributed by atoms with Crippen LogP contribution in [0.4, 0.5) is 5.69 Å². The summed E-state index contributed by atoms with van der Waals surface area (Å²) in [7, 11) is 0.383. The van der Waals surface area contributed by atoms with Crippen LogP contribution in [0.5, 0.6) is 11.5 Å². The SMILES string of the molecule is COc1ccc(S(=O)(=O)N(CC(=O)N(C)C)c2cc(OCc3ccccc3)c(Cl)cc2Cl)cc1. The van der Waals surface area contributed by atoms with Crippen molar-refractivity contribution in [1.29, 1.82) is 0 Å². The molecule has 10 heteroatoms. The molecular weight excluding hydrogens is 499 g/mol. The van der Waals surface area contributed by atoms with Crippen LogP contribution >= 0.6 is 23.2 Å². The van der Waals surface area contributed by atoms with Crippen LogP contribution < -0.4 is 13.8 Å². The van der Waals surface area contributed by atoms with Crippen molar-refractivity contribution in [2.45, 2.75) is 11.5 Å². The number of halogens is 2. The van der Waals surface area contributed by atoms with Gasteiger partial charge in [0.1, 0.15) is 24.7 Å². The Morgan fingerprint density at radius 3 is 2.18 bits per heavy atom. The second-order valence-corrected chi connectivity index (χ2v) is 10.2. The van der Waals surface area contributed by atoms with E-state index in [-0.39, 0.29) is 33.0 Å². The monoisotopic (exact) mass is 522 g/mol. The maximum Gasteiger partial charge on any atom is 0.264 e. The molecule has 180 valence electrons. The van der Waals surface area contributed by atoms with E-state index in [0.717, 1.165) is 9.87 Å². The number of methoxy groups -OCH3 is 1. The first-order chi connectivity index (χ1) is 16.1. The van der Waals surface area contributed by atoms with E-state index < -0.39 is 22.5 Å². The molecule has 34 heavy (non-hydrogen) atoms. The number of hydrogen-bond donors (Lipinski definition) is 0. The average molecular weight is 523 g/mol. The molecule has 3 aromatic carbocycles. The molecule has 1 amide bonds. The summed E-state index contributed by atoms with van der Waals surface area (Å²) in [6, 6.07) is 18.1. The van der Waals surface area contributed by atoms with Gasteiger partial charge in [-0.05, 0) is 35.9 Å². The van der Waals surface area contributed by atoms with Crippen LogP contribution in [0.25, 0.3) is 0 Å². The number of amides is 1. The van der Waals surface area contributed by atoms with E-state index in [1.54, 1.807) is 14.1 Å². The van der Waals surface area contributed by atoms with Crippen molar-refractivity contribution in [2.24, 2.45) is 0 Å². The van der Waals surface area contributed by atoms with E-state index in [0.29, 0.717) is 5.75 Å². The Bertz CT molecular complexity index is 1250. The highest BCUT2D eigenvalue weighted by atomic mass is 35.5. The number of carbonyl (C=O) groups is 1. The lowest BCUT2D eigenvalue weighted by Crippen LogP contribution is -2.40. The van der Waals surface area contributed by atoms with Gasteiger partial charge in [-0.3, -0.25) is 9.10 Å². The summed E-state index contributed by atoms with van der Waals surface area (Å²) < 4.78 is 39.1. The topological polar surface area (TPSA) is 76.2 Å². The van der Waals surface area contributed by atoms with Gasteiger partial charge in [-0.1, -0.05) is 53.5 Å². The summed E-state index contributed by atoms with van der Waals surface area (Å²) in [5, 5.41) is 0.270. The zero-order valence-corrected chi connectivity index (χ0v) is 21.2. The van der Waals surface area contributed by atoms with Crippen LogP contribution in [0.3, 0.4) is 0 Å². The first-order valence-electron chi connectivity index (χ1n) is 10.2. The Hall–Kier alpha value is -2.94. The minimum atomic E-state index is -4.18. The standard InChI is InChI=1S/C24H24Cl2N2O5S/c1-27(2)24(29)15-28(34(30,31)19-11-9-18(32-3)10-12-19)22-14-23(21(26)13-20(22)25)33-16-17-7-5-4-6-8-17/h4-14H,15-16H2,1-3H3. The van der Waals surface area contributed by atoms with E-state index in [4.69, 9.17) is 32.7 Å². The molecule has 0 aliphatic carbocycles. The maximum absolute atomic E-state index is 13.6. The number of likely N-dealkylation sites (N-methyl/N-ethyl adjacent to an activating group) is 1. The van der Waals surface area contributed by atoms with E-state index in [9.17, 15) is 13.2 Å². The third-order valence-electron chi connectivity index (χ3n) is 4.93. The fraction of sp³-hybridized carbons (Fsp3) is 0.208. The third kappa shape index (κ3) is 5.94. The summed E-state index contributed by atoms with van der Waals surface area (Å²) in [6.45, 7) is -0.260. The molecule has 0 spiro atoms. The zero-order valence-electron chi connectivity index (χ0n) is 18.9. The summed E-state index contributed by atoms with van der Waals surface area (Å²) in [6.07, 6.45) is 0. The Labute approximate surface area is 209 Å². The Balaban J connectivity index is 2.05. The normalized spacial score (nSPS) is 11.1. The number of hydrogen-bond acceptors (Lipinski definition) is 5. The molecule has 0 fully saturated rings. The average Bonchev–Trinajstić information content (AvgIpc) is 2.82. The third-order valence-corrected chi connectivity index (χ3v) is 7.30. The molecule has 0 aliphatic rings. The van der Waals surface area contributed by atoms with Gasteiger partial charge in [-0.15, -0.1) is 0 Å². The second-order valence-electron chi connectivity index (χ2n) is 7.48. The lowest BCUT2D eigenvalue weighted by molar-refractivity contribution is -0.127. The first kappa shape index (κ1) is 25.7. The molecule has 0 unspecified atom stereocenters. The van der Waals surface area contributed by atoms with Crippen molar-refractivity contribution < 1.29 is 22.7 Å². The minimum absolute atomic E-state index is 0.0300. The number of anilines is 1. The molecule has 0 heterocycles. The quantitative estimate of drug-likeness (QED) is 0.400. The maximum atomic E-state index is 13.6. The molecule has 0 atom stereocenters. The summed E-state index contributed by atoms with van der Waals surface area (Å²) in [4.78, 5) is 13.8. The van der Waals surface area contributed by atoms with Crippen LogP contribution in [-0.4, -0.2) is 47.0 Å². The van der Waals surface area contributed by atoms with Gasteiger partial charge in [0.15, 0.2) is 0 Å². The molecule has 0 saturated heterocycles. The first-order valence-corrected chi connectivity index (χ1v) is 12.4. The number of nitrogens with zero attached hydrogens (tertiary/aromatic N) is 2. The number of carbonyl (C=O) groups excluding carboxylic acids is 1. The van der Waals surface area contributed by atoms with Crippen molar-refractivity contribution in [1.82, 2.24) is 4.90 Å². The number of rotatable bonds is 9. The predicted octanol–water partition coefficient (Wildman–Crippen LogP) is 4.86. The molecule has 0 aromatic heterocycles. The lowest BCUT2D eigenvalue weighted by atomic mass is 10.2. The zero-order chi connectivity index (χ0) is 24.9. The number of sulfonamides is 1. The highest BCUT2D eigenvalue weighted by Crippen LogP contribution is 2.39. The molecule has 3 aromatic rings. The minimum Gasteiger partial charge on any atom is -0.497 e. The van der Waals surface area contributed by atoms with Gasteiger partial charge in [0.25, 0.3) is 10.0 Å². The number of benzene rings is 3. The Morgan fingerprint density at radius 2 is 1.59 bits per heavy atom. The molecule has 7 nitrogen and oxygen atoms in total. The van der Waals surface area contributed by atoms with Crippen molar-refractivity contribution in [3.05, 3.63) is 82.3 Å². The van der Waals surface area contributed by atoms with Crippen molar-refractivity contribution >= 4 is 44.8 Å². The van der Waals surface area contributed by atoms with Gasteiger partial charge < -0.3 is 14.4 Å². The van der Waals surface area contributed by atoms with Gasteiger partial charge in [0.05, 0.1) is 27.7 Å². The van der Waals surface area contributed by atoms with Gasteiger partial charge in [0, 0.05) is 20.2 Å². The lowest BCUT2D eigenvalue weighted by Gasteiger charge is -2.27. The Morgan fingerprint density at radius 1 is 0.941 bits per heavy atom. The molecule has 0 bridgehead atoms. The van der Waals surface area contributed by atoms with Crippen LogP contribution in [0.2, 0.25) is 10.0 Å². The van der Waals surface area contributed by atoms with Crippen molar-refractivity contribution in [2.75, 3.05) is 32.1 Å². The van der Waals surface area contributed by atoms with Crippen LogP contribution in [0.15, 0.2) is 71.6 Å². The van der Waals surface area contributed by atoms with Crippen molar-refractivity contribution in [3.8, 4) is 11.5 Å². The van der Waals surface area contributed by atoms with Gasteiger partial charge in [0.2, 0.25) is 5.91 Å². The molecule has 0 radical (unpaired) electrons. The summed E-state index contributed by atoms with van der Waals surface area (Å²) in [5.74, 6) is 0.294. The molecular formula is C24H24Cl2N2O5S. The van der Waals surface area contributed by atoms with Crippen LogP contribution in [-0.2, 0) is 21.4 Å². The van der Waals surface area contributed by atoms with Gasteiger partial charge in [-0.25, -0.2) is 8.42 Å². The fourth-order valence-electron chi connectivity index (χ4n) is 2.99. The Kier molecular flexibility index (Phi) is 8.30. The van der Waals surface area contributed by atoms with Gasteiger partial charge in [-0.2, -0.15) is 0 Å². The fourth-order valence-corrected chi connectivity index (χ4v) is 5.01. The van der Waals surface area contributed by atoms with E-state index >= 15 is 0 Å².